The average Bonchev–Trinajstić information content (AvgIpc) is 3.16. The minimum Gasteiger partial charge on any atom is -0.228 e. The molecular formula is C36H24F2N2. The van der Waals surface area contributed by atoms with Gasteiger partial charge in [0.05, 0.1) is 11.4 Å². The molecule has 0 spiro atoms. The lowest BCUT2D eigenvalue weighted by atomic mass is 10.0. The van der Waals surface area contributed by atoms with Crippen LogP contribution in [0.3, 0.4) is 0 Å². The maximum atomic E-state index is 15.6. The predicted octanol–water partition coefficient (Wildman–Crippen LogP) is 9.52. The van der Waals surface area contributed by atoms with E-state index in [4.69, 9.17) is 9.97 Å². The van der Waals surface area contributed by atoms with Crippen molar-refractivity contribution in [1.82, 2.24) is 9.97 Å². The monoisotopic (exact) mass is 522 g/mol. The number of benzene rings is 4. The highest BCUT2D eigenvalue weighted by atomic mass is 19.3. The first-order valence-corrected chi connectivity index (χ1v) is 13.3. The Kier molecular flexibility index (Phi) is 5.82. The molecule has 0 bridgehead atoms. The summed E-state index contributed by atoms with van der Waals surface area (Å²) < 4.78 is 31.3. The van der Waals surface area contributed by atoms with Gasteiger partial charge in [0.25, 0.3) is 5.92 Å². The number of rotatable bonds is 4. The van der Waals surface area contributed by atoms with Gasteiger partial charge in [0.15, 0.2) is 5.82 Å². The molecule has 192 valence electrons. The van der Waals surface area contributed by atoms with Crippen molar-refractivity contribution in [2.45, 2.75) is 12.3 Å². The Morgan fingerprint density at radius 3 is 1.88 bits per heavy atom. The lowest BCUT2D eigenvalue weighted by molar-refractivity contribution is 0.0479. The van der Waals surface area contributed by atoms with Gasteiger partial charge >= 0.3 is 0 Å². The summed E-state index contributed by atoms with van der Waals surface area (Å²) in [6.07, 6.45) is 7.63. The van der Waals surface area contributed by atoms with E-state index in [0.717, 1.165) is 33.6 Å². The van der Waals surface area contributed by atoms with Crippen molar-refractivity contribution in [2.24, 2.45) is 0 Å². The minimum absolute atomic E-state index is 0.000258. The van der Waals surface area contributed by atoms with Crippen molar-refractivity contribution in [3.8, 4) is 45.0 Å². The van der Waals surface area contributed by atoms with E-state index in [-0.39, 0.29) is 11.1 Å². The first-order valence-electron chi connectivity index (χ1n) is 13.3. The molecule has 1 aromatic heterocycles. The summed E-state index contributed by atoms with van der Waals surface area (Å²) in [6.45, 7) is 0. The molecular weight excluding hydrogens is 498 g/mol. The number of halogens is 2. The van der Waals surface area contributed by atoms with E-state index in [0.29, 0.717) is 28.9 Å². The molecule has 7 rings (SSSR count). The smallest absolute Gasteiger partial charge is 0.228 e. The Labute approximate surface area is 231 Å². The Morgan fingerprint density at radius 2 is 1.18 bits per heavy atom. The molecule has 2 aliphatic rings. The normalized spacial score (nSPS) is 15.1. The molecule has 0 radical (unpaired) electrons. The van der Waals surface area contributed by atoms with Crippen molar-refractivity contribution >= 4 is 5.57 Å². The molecule has 0 saturated heterocycles. The van der Waals surface area contributed by atoms with Crippen LogP contribution in [0.1, 0.15) is 17.5 Å². The fourth-order valence-electron chi connectivity index (χ4n) is 5.43. The van der Waals surface area contributed by atoms with Crippen LogP contribution in [0, 0.1) is 0 Å². The lowest BCUT2D eigenvalue weighted by Gasteiger charge is -2.14. The Hall–Kier alpha value is -4.96. The van der Waals surface area contributed by atoms with Gasteiger partial charge in [0.1, 0.15) is 0 Å². The maximum absolute atomic E-state index is 15.6. The molecule has 4 aromatic carbocycles. The zero-order chi connectivity index (χ0) is 27.1. The fraction of sp³-hybridized carbons (Fsp3) is 0.0556. The fourth-order valence-corrected chi connectivity index (χ4v) is 5.43. The van der Waals surface area contributed by atoms with Gasteiger partial charge in [0, 0.05) is 27.8 Å². The van der Waals surface area contributed by atoms with Gasteiger partial charge in [-0.1, -0.05) is 121 Å². The summed E-state index contributed by atoms with van der Waals surface area (Å²) in [5.74, 6) is -2.67. The van der Waals surface area contributed by atoms with Gasteiger partial charge < -0.3 is 0 Å². The van der Waals surface area contributed by atoms with Crippen LogP contribution in [0.5, 0.6) is 0 Å². The number of alkyl halides is 2. The third kappa shape index (κ3) is 4.18. The molecule has 0 aliphatic heterocycles. The van der Waals surface area contributed by atoms with Gasteiger partial charge in [-0.15, -0.1) is 0 Å². The van der Waals surface area contributed by atoms with Crippen molar-refractivity contribution in [3.63, 3.8) is 0 Å². The van der Waals surface area contributed by atoms with Crippen LogP contribution in [0.4, 0.5) is 8.78 Å². The van der Waals surface area contributed by atoms with E-state index in [1.54, 1.807) is 18.2 Å². The summed E-state index contributed by atoms with van der Waals surface area (Å²) in [5, 5.41) is 0. The molecule has 5 aromatic rings. The van der Waals surface area contributed by atoms with Gasteiger partial charge in [0.2, 0.25) is 0 Å². The van der Waals surface area contributed by atoms with Crippen molar-refractivity contribution in [2.75, 3.05) is 0 Å². The Bertz CT molecular complexity index is 1820. The van der Waals surface area contributed by atoms with E-state index < -0.39 is 5.92 Å². The molecule has 1 heterocycles. The molecule has 0 atom stereocenters. The third-order valence-electron chi connectivity index (χ3n) is 7.48. The minimum atomic E-state index is -3.08. The maximum Gasteiger partial charge on any atom is 0.299 e. The molecule has 0 N–H and O–H groups in total. The van der Waals surface area contributed by atoms with E-state index in [1.165, 1.54) is 6.08 Å². The SMILES string of the molecule is FC1(F)C2=CC=CCC=C2c2ccc(-c3nc(-c4ccccc4)cc(-c4ccc(-c5ccccc5)cc4)n3)cc21. The highest BCUT2D eigenvalue weighted by molar-refractivity contribution is 5.90. The Balaban J connectivity index is 1.35. The quantitative estimate of drug-likeness (QED) is 0.235. The highest BCUT2D eigenvalue weighted by Crippen LogP contribution is 2.53. The summed E-state index contributed by atoms with van der Waals surface area (Å²) in [7, 11) is 0. The number of nitrogens with zero attached hydrogens (tertiary/aromatic N) is 2. The van der Waals surface area contributed by atoms with Crippen LogP contribution >= 0.6 is 0 Å². The van der Waals surface area contributed by atoms with Crippen LogP contribution in [0.2, 0.25) is 0 Å². The van der Waals surface area contributed by atoms with Gasteiger partial charge in [-0.2, -0.15) is 8.78 Å². The van der Waals surface area contributed by atoms with Gasteiger partial charge in [-0.3, -0.25) is 0 Å². The van der Waals surface area contributed by atoms with Crippen LogP contribution in [-0.2, 0) is 5.92 Å². The third-order valence-corrected chi connectivity index (χ3v) is 7.48. The summed E-state index contributed by atoms with van der Waals surface area (Å²) >= 11 is 0. The number of aromatic nitrogens is 2. The van der Waals surface area contributed by atoms with Gasteiger partial charge in [-0.25, -0.2) is 9.97 Å². The number of fused-ring (bicyclic) bond motifs is 3. The van der Waals surface area contributed by atoms with Crippen molar-refractivity contribution in [3.05, 3.63) is 150 Å². The van der Waals surface area contributed by atoms with Crippen LogP contribution < -0.4 is 0 Å². The number of allylic oxidation sites excluding steroid dienone is 6. The Morgan fingerprint density at radius 1 is 0.600 bits per heavy atom. The summed E-state index contributed by atoms with van der Waals surface area (Å²) in [4.78, 5) is 9.73. The average molecular weight is 523 g/mol. The van der Waals surface area contributed by atoms with E-state index >= 15 is 8.78 Å². The molecule has 4 heteroatoms. The molecule has 0 fully saturated rings. The second kappa shape index (κ2) is 9.65. The van der Waals surface area contributed by atoms with Crippen LogP contribution in [0.15, 0.2) is 139 Å². The lowest BCUT2D eigenvalue weighted by Crippen LogP contribution is -2.11. The van der Waals surface area contributed by atoms with Gasteiger partial charge in [-0.05, 0) is 40.8 Å². The number of hydrogen-bond donors (Lipinski definition) is 0. The molecule has 0 amide bonds. The zero-order valence-electron chi connectivity index (χ0n) is 21.6. The topological polar surface area (TPSA) is 25.8 Å². The summed E-state index contributed by atoms with van der Waals surface area (Å²) in [6, 6.07) is 35.4. The van der Waals surface area contributed by atoms with Crippen molar-refractivity contribution in [1.29, 1.82) is 0 Å². The summed E-state index contributed by atoms with van der Waals surface area (Å²) in [5.41, 5.74) is 7.36. The molecule has 2 aliphatic carbocycles. The standard InChI is InChI=1S/C36H24F2N2/c37-36(38)31-15-9-3-8-14-29(31)30-21-20-28(22-32(30)36)35-39-33(26-12-6-2-7-13-26)23-34(40-35)27-18-16-25(17-19-27)24-10-4-1-5-11-24/h1-7,9-23H,8H2. The molecule has 2 nitrogen and oxygen atoms in total. The largest absolute Gasteiger partial charge is 0.299 e. The molecule has 0 unspecified atom stereocenters. The number of hydrogen-bond acceptors (Lipinski definition) is 2. The molecule has 0 saturated carbocycles. The van der Waals surface area contributed by atoms with E-state index in [2.05, 4.69) is 24.3 Å². The predicted molar refractivity (Wildman–Crippen MR) is 157 cm³/mol. The zero-order valence-corrected chi connectivity index (χ0v) is 21.6. The second-order valence-electron chi connectivity index (χ2n) is 9.97. The first-order chi connectivity index (χ1) is 19.6. The van der Waals surface area contributed by atoms with E-state index in [9.17, 15) is 0 Å². The highest BCUT2D eigenvalue weighted by Gasteiger charge is 2.47. The van der Waals surface area contributed by atoms with E-state index in [1.807, 2.05) is 84.9 Å². The van der Waals surface area contributed by atoms with Crippen molar-refractivity contribution < 1.29 is 8.78 Å². The van der Waals surface area contributed by atoms with Crippen LogP contribution in [0.25, 0.3) is 50.6 Å². The van der Waals surface area contributed by atoms with Crippen LogP contribution in [-0.4, -0.2) is 9.97 Å². The second-order valence-corrected chi connectivity index (χ2v) is 9.97. The first kappa shape index (κ1) is 24.1. The molecule has 40 heavy (non-hydrogen) atoms.